The summed E-state index contributed by atoms with van der Waals surface area (Å²) >= 11 is 0. The lowest BCUT2D eigenvalue weighted by atomic mass is 10.1. The first-order chi connectivity index (χ1) is 9.07. The van der Waals surface area contributed by atoms with E-state index in [0.717, 1.165) is 11.4 Å². The summed E-state index contributed by atoms with van der Waals surface area (Å²) < 4.78 is 0. The van der Waals surface area contributed by atoms with Gasteiger partial charge in [0.1, 0.15) is 12.2 Å². The van der Waals surface area contributed by atoms with Crippen LogP contribution in [-0.2, 0) is 9.68 Å². The van der Waals surface area contributed by atoms with E-state index in [0.29, 0.717) is 11.8 Å². The van der Waals surface area contributed by atoms with E-state index in [1.807, 2.05) is 41.5 Å². The molecule has 0 saturated carbocycles. The zero-order valence-electron chi connectivity index (χ0n) is 15.0. The van der Waals surface area contributed by atoms with Crippen LogP contribution in [-0.4, -0.2) is 23.6 Å². The third-order valence-corrected chi connectivity index (χ3v) is 2.49. The summed E-state index contributed by atoms with van der Waals surface area (Å²) in [5.74, 6) is 0.970. The maximum Gasteiger partial charge on any atom is 0.122 e. The van der Waals surface area contributed by atoms with Gasteiger partial charge in [0.25, 0.3) is 0 Å². The van der Waals surface area contributed by atoms with Gasteiger partial charge in [0.15, 0.2) is 0 Å². The van der Waals surface area contributed by atoms with Crippen molar-refractivity contribution in [2.24, 2.45) is 22.1 Å². The topological polar surface area (TPSA) is 43.2 Å². The molecule has 0 radical (unpaired) electrons. The Morgan fingerprint density at radius 1 is 0.600 bits per heavy atom. The standard InChI is InChI=1S/2C8H17NO/c2*1-6(2)8(5)9-10-7(3)4/h2*6-7H,1-5H3. The fourth-order valence-electron chi connectivity index (χ4n) is 0.588. The smallest absolute Gasteiger partial charge is 0.122 e. The van der Waals surface area contributed by atoms with Crippen molar-refractivity contribution in [2.45, 2.75) is 81.4 Å². The van der Waals surface area contributed by atoms with Crippen LogP contribution in [0.2, 0.25) is 0 Å². The molecular formula is C16H34N2O2. The zero-order valence-corrected chi connectivity index (χ0v) is 15.0. The minimum Gasteiger partial charge on any atom is -0.393 e. The molecule has 0 aromatic heterocycles. The summed E-state index contributed by atoms with van der Waals surface area (Å²) in [5, 5.41) is 7.88. The highest BCUT2D eigenvalue weighted by Gasteiger charge is 1.99. The molecule has 0 N–H and O–H groups in total. The van der Waals surface area contributed by atoms with Crippen LogP contribution in [0.1, 0.15) is 69.2 Å². The van der Waals surface area contributed by atoms with Gasteiger partial charge in [-0.05, 0) is 53.4 Å². The third kappa shape index (κ3) is 15.0. The molecule has 0 amide bonds. The molecule has 120 valence electrons. The van der Waals surface area contributed by atoms with Crippen molar-refractivity contribution in [3.63, 3.8) is 0 Å². The SMILES string of the molecule is CC(=NOC(C)C)C(C)C.CC(=NOC(C)C)C(C)C. The van der Waals surface area contributed by atoms with E-state index in [1.165, 1.54) is 0 Å². The Morgan fingerprint density at radius 2 is 0.850 bits per heavy atom. The van der Waals surface area contributed by atoms with Crippen LogP contribution in [0.4, 0.5) is 0 Å². The normalized spacial score (nSPS) is 12.9. The number of hydrogen-bond acceptors (Lipinski definition) is 4. The van der Waals surface area contributed by atoms with E-state index in [4.69, 9.17) is 9.68 Å². The summed E-state index contributed by atoms with van der Waals surface area (Å²) in [4.78, 5) is 10.1. The van der Waals surface area contributed by atoms with Gasteiger partial charge in [-0.25, -0.2) is 0 Å². The molecule has 0 aromatic carbocycles. The van der Waals surface area contributed by atoms with Crippen LogP contribution in [0, 0.1) is 11.8 Å². The molecule has 4 heteroatoms. The van der Waals surface area contributed by atoms with Crippen LogP contribution in [0.3, 0.4) is 0 Å². The van der Waals surface area contributed by atoms with Crippen LogP contribution >= 0.6 is 0 Å². The summed E-state index contributed by atoms with van der Waals surface area (Å²) in [6.45, 7) is 20.2. The van der Waals surface area contributed by atoms with E-state index in [-0.39, 0.29) is 12.2 Å². The largest absolute Gasteiger partial charge is 0.393 e. The van der Waals surface area contributed by atoms with Gasteiger partial charge < -0.3 is 9.68 Å². The molecule has 0 aliphatic heterocycles. The molecule has 0 aliphatic carbocycles. The summed E-state index contributed by atoms with van der Waals surface area (Å²) in [7, 11) is 0. The first-order valence-electron chi connectivity index (χ1n) is 7.48. The second kappa shape index (κ2) is 11.7. The van der Waals surface area contributed by atoms with Crippen molar-refractivity contribution in [2.75, 3.05) is 0 Å². The summed E-state index contributed by atoms with van der Waals surface area (Å²) in [6, 6.07) is 0. The van der Waals surface area contributed by atoms with Crippen molar-refractivity contribution in [3.8, 4) is 0 Å². The maximum absolute atomic E-state index is 5.05. The molecule has 0 rings (SSSR count). The first kappa shape index (κ1) is 21.2. The summed E-state index contributed by atoms with van der Waals surface area (Å²) in [6.07, 6.45) is 0.377. The van der Waals surface area contributed by atoms with Crippen LogP contribution in [0.15, 0.2) is 10.3 Å². The Balaban J connectivity index is 0. The fraction of sp³-hybridized carbons (Fsp3) is 0.875. The fourth-order valence-corrected chi connectivity index (χ4v) is 0.588. The lowest BCUT2D eigenvalue weighted by molar-refractivity contribution is 0.0846. The van der Waals surface area contributed by atoms with Crippen LogP contribution < -0.4 is 0 Å². The molecule has 4 nitrogen and oxygen atoms in total. The van der Waals surface area contributed by atoms with Crippen LogP contribution in [0.5, 0.6) is 0 Å². The van der Waals surface area contributed by atoms with Crippen molar-refractivity contribution in [1.29, 1.82) is 0 Å². The average molecular weight is 286 g/mol. The molecule has 0 heterocycles. The Hall–Kier alpha value is -1.06. The second-order valence-electron chi connectivity index (χ2n) is 6.08. The number of nitrogens with zero attached hydrogens (tertiary/aromatic N) is 2. The van der Waals surface area contributed by atoms with Gasteiger partial charge in [0.2, 0.25) is 0 Å². The van der Waals surface area contributed by atoms with Crippen molar-refractivity contribution >= 4 is 11.4 Å². The quantitative estimate of drug-likeness (QED) is 0.515. The molecule has 0 fully saturated rings. The molecule has 20 heavy (non-hydrogen) atoms. The Bertz CT molecular complexity index is 263. The Morgan fingerprint density at radius 3 is 1.00 bits per heavy atom. The molecule has 0 saturated heterocycles. The van der Waals surface area contributed by atoms with E-state index in [2.05, 4.69) is 38.0 Å². The van der Waals surface area contributed by atoms with Gasteiger partial charge in [-0.3, -0.25) is 0 Å². The first-order valence-corrected chi connectivity index (χ1v) is 7.48. The second-order valence-corrected chi connectivity index (χ2v) is 6.08. The van der Waals surface area contributed by atoms with Gasteiger partial charge in [-0.15, -0.1) is 0 Å². The van der Waals surface area contributed by atoms with E-state index in [9.17, 15) is 0 Å². The molecule has 0 aliphatic rings. The van der Waals surface area contributed by atoms with Crippen LogP contribution in [0.25, 0.3) is 0 Å². The zero-order chi connectivity index (χ0) is 16.3. The summed E-state index contributed by atoms with van der Waals surface area (Å²) in [5.41, 5.74) is 2.10. The lowest BCUT2D eigenvalue weighted by Crippen LogP contribution is -2.05. The van der Waals surface area contributed by atoms with E-state index in [1.54, 1.807) is 0 Å². The van der Waals surface area contributed by atoms with E-state index < -0.39 is 0 Å². The molecule has 0 aromatic rings. The number of oxime groups is 2. The van der Waals surface area contributed by atoms with Gasteiger partial charge in [-0.1, -0.05) is 38.0 Å². The predicted molar refractivity (Wildman–Crippen MR) is 88.3 cm³/mol. The highest BCUT2D eigenvalue weighted by molar-refractivity contribution is 5.83. The highest BCUT2D eigenvalue weighted by Crippen LogP contribution is 1.99. The van der Waals surface area contributed by atoms with Crippen molar-refractivity contribution in [3.05, 3.63) is 0 Å². The third-order valence-electron chi connectivity index (χ3n) is 2.49. The monoisotopic (exact) mass is 286 g/mol. The Kier molecular flexibility index (Phi) is 12.5. The highest BCUT2D eigenvalue weighted by atomic mass is 16.6. The van der Waals surface area contributed by atoms with Gasteiger partial charge >= 0.3 is 0 Å². The minimum absolute atomic E-state index is 0.189. The van der Waals surface area contributed by atoms with Gasteiger partial charge in [-0.2, -0.15) is 0 Å². The Labute approximate surface area is 125 Å². The van der Waals surface area contributed by atoms with E-state index >= 15 is 0 Å². The lowest BCUT2D eigenvalue weighted by Gasteiger charge is -2.06. The van der Waals surface area contributed by atoms with Crippen molar-refractivity contribution < 1.29 is 9.68 Å². The molecule has 0 bridgehead atoms. The minimum atomic E-state index is 0.189. The number of hydrogen-bond donors (Lipinski definition) is 0. The maximum atomic E-state index is 5.05. The molecule has 0 atom stereocenters. The molecular weight excluding hydrogens is 252 g/mol. The van der Waals surface area contributed by atoms with Gasteiger partial charge in [0, 0.05) is 0 Å². The molecule has 0 unspecified atom stereocenters. The van der Waals surface area contributed by atoms with Gasteiger partial charge in [0.05, 0.1) is 11.4 Å². The number of rotatable bonds is 6. The average Bonchev–Trinajstić information content (AvgIpc) is 2.33. The van der Waals surface area contributed by atoms with Crippen molar-refractivity contribution in [1.82, 2.24) is 0 Å². The molecule has 0 spiro atoms. The predicted octanol–water partition coefficient (Wildman–Crippen LogP) is 4.89.